The number of nitrogens with one attached hydrogen (secondary N) is 1. The van der Waals surface area contributed by atoms with Crippen LogP contribution in [0.4, 0.5) is 10.1 Å². The summed E-state index contributed by atoms with van der Waals surface area (Å²) >= 11 is 0. The lowest BCUT2D eigenvalue weighted by atomic mass is 10.1. The Morgan fingerprint density at radius 1 is 0.976 bits per heavy atom. The average molecular weight is 598 g/mol. The lowest BCUT2D eigenvalue weighted by molar-refractivity contribution is -0.140. The van der Waals surface area contributed by atoms with Gasteiger partial charge in [-0.1, -0.05) is 50.1 Å². The van der Waals surface area contributed by atoms with Crippen LogP contribution in [-0.2, 0) is 26.2 Å². The maximum absolute atomic E-state index is 14.1. The quantitative estimate of drug-likeness (QED) is 0.235. The van der Waals surface area contributed by atoms with Gasteiger partial charge < -0.3 is 15.0 Å². The van der Waals surface area contributed by atoms with Gasteiger partial charge in [0.1, 0.15) is 24.2 Å². The van der Waals surface area contributed by atoms with Crippen molar-refractivity contribution in [2.75, 3.05) is 24.0 Å². The SMILES string of the molecule is CCCCNC(=O)[C@@H](CC)N(Cc1cccc(C)c1)C(=O)CN(c1ccc(OCC)cc1)S(=O)(=O)c1ccc(F)cc1. The number of sulfonamides is 1. The molecule has 0 aliphatic heterocycles. The van der Waals surface area contributed by atoms with Gasteiger partial charge in [-0.25, -0.2) is 12.8 Å². The normalized spacial score (nSPS) is 11.9. The van der Waals surface area contributed by atoms with Crippen molar-refractivity contribution in [3.8, 4) is 5.75 Å². The van der Waals surface area contributed by atoms with E-state index in [1.165, 1.54) is 4.90 Å². The fourth-order valence-electron chi connectivity index (χ4n) is 4.57. The topological polar surface area (TPSA) is 96.0 Å². The van der Waals surface area contributed by atoms with Crippen molar-refractivity contribution in [2.24, 2.45) is 0 Å². The molecule has 3 rings (SSSR count). The summed E-state index contributed by atoms with van der Waals surface area (Å²) in [4.78, 5) is 28.7. The van der Waals surface area contributed by atoms with Crippen LogP contribution in [0.25, 0.3) is 0 Å². The maximum Gasteiger partial charge on any atom is 0.264 e. The third-order valence-electron chi connectivity index (χ3n) is 6.77. The number of anilines is 1. The zero-order valence-electron chi connectivity index (χ0n) is 24.7. The van der Waals surface area contributed by atoms with Gasteiger partial charge in [-0.15, -0.1) is 0 Å². The molecule has 226 valence electrons. The zero-order valence-corrected chi connectivity index (χ0v) is 25.5. The van der Waals surface area contributed by atoms with Crippen LogP contribution in [0.2, 0.25) is 0 Å². The third kappa shape index (κ3) is 8.55. The Morgan fingerprint density at radius 2 is 1.67 bits per heavy atom. The van der Waals surface area contributed by atoms with Gasteiger partial charge in [0.15, 0.2) is 0 Å². The summed E-state index contributed by atoms with van der Waals surface area (Å²) in [5, 5.41) is 2.92. The first-order valence-electron chi connectivity index (χ1n) is 14.2. The van der Waals surface area contributed by atoms with Gasteiger partial charge in [0.25, 0.3) is 10.0 Å². The number of hydrogen-bond acceptors (Lipinski definition) is 5. The van der Waals surface area contributed by atoms with Crippen LogP contribution >= 0.6 is 0 Å². The number of ether oxygens (including phenoxy) is 1. The summed E-state index contributed by atoms with van der Waals surface area (Å²) in [6.45, 7) is 8.08. The molecule has 0 aromatic heterocycles. The number of carbonyl (C=O) groups is 2. The number of amides is 2. The second kappa shape index (κ2) is 15.3. The molecule has 1 atom stereocenters. The van der Waals surface area contributed by atoms with Gasteiger partial charge in [0.05, 0.1) is 17.2 Å². The number of rotatable bonds is 15. The predicted molar refractivity (Wildman–Crippen MR) is 162 cm³/mol. The van der Waals surface area contributed by atoms with E-state index in [9.17, 15) is 22.4 Å². The number of aryl methyl sites for hydroxylation is 1. The molecule has 0 fully saturated rings. The largest absolute Gasteiger partial charge is 0.494 e. The lowest BCUT2D eigenvalue weighted by Gasteiger charge is -2.33. The summed E-state index contributed by atoms with van der Waals surface area (Å²) in [6.07, 6.45) is 2.04. The number of nitrogens with zero attached hydrogens (tertiary/aromatic N) is 2. The van der Waals surface area contributed by atoms with E-state index in [0.717, 1.165) is 52.5 Å². The standard InChI is InChI=1S/C32H40FN3O5S/c1-5-8-20-34-32(38)30(6-2)35(22-25-11-9-10-24(4)21-25)31(37)23-36(27-14-16-28(17-15-27)41-7-3)42(39,40)29-18-12-26(33)13-19-29/h9-19,21,30H,5-8,20,22-23H2,1-4H3,(H,34,38)/t30-/m1/s1. The van der Waals surface area contributed by atoms with Crippen LogP contribution < -0.4 is 14.4 Å². The lowest BCUT2D eigenvalue weighted by Crippen LogP contribution is -2.52. The second-order valence-electron chi connectivity index (χ2n) is 9.97. The van der Waals surface area contributed by atoms with Crippen molar-refractivity contribution in [3.63, 3.8) is 0 Å². The maximum atomic E-state index is 14.1. The highest BCUT2D eigenvalue weighted by atomic mass is 32.2. The van der Waals surface area contributed by atoms with E-state index in [4.69, 9.17) is 4.74 Å². The molecule has 10 heteroatoms. The van der Waals surface area contributed by atoms with Gasteiger partial charge in [-0.3, -0.25) is 13.9 Å². The van der Waals surface area contributed by atoms with Crippen LogP contribution in [0.15, 0.2) is 77.7 Å². The number of benzene rings is 3. The summed E-state index contributed by atoms with van der Waals surface area (Å²) < 4.78 is 47.9. The molecule has 3 aromatic rings. The molecule has 8 nitrogen and oxygen atoms in total. The van der Waals surface area contributed by atoms with Crippen LogP contribution in [-0.4, -0.2) is 50.9 Å². The smallest absolute Gasteiger partial charge is 0.264 e. The molecule has 1 N–H and O–H groups in total. The molecular formula is C32H40FN3O5S. The Bertz CT molecular complexity index is 1430. The van der Waals surface area contributed by atoms with E-state index in [1.807, 2.05) is 52.0 Å². The van der Waals surface area contributed by atoms with E-state index in [-0.39, 0.29) is 23.0 Å². The number of hydrogen-bond donors (Lipinski definition) is 1. The second-order valence-corrected chi connectivity index (χ2v) is 11.8. The minimum absolute atomic E-state index is 0.119. The molecule has 2 amide bonds. The highest BCUT2D eigenvalue weighted by Gasteiger charge is 2.33. The molecule has 0 unspecified atom stereocenters. The first-order valence-corrected chi connectivity index (χ1v) is 15.7. The minimum atomic E-state index is -4.30. The highest BCUT2D eigenvalue weighted by Crippen LogP contribution is 2.27. The molecule has 0 spiro atoms. The van der Waals surface area contributed by atoms with Crippen LogP contribution in [0, 0.1) is 12.7 Å². The minimum Gasteiger partial charge on any atom is -0.494 e. The van der Waals surface area contributed by atoms with Crippen LogP contribution in [0.1, 0.15) is 51.2 Å². The number of unbranched alkanes of at least 4 members (excludes halogenated alkanes) is 1. The van der Waals surface area contributed by atoms with Gasteiger partial charge in [-0.05, 0) is 80.8 Å². The summed E-state index contributed by atoms with van der Waals surface area (Å²) in [5.41, 5.74) is 2.04. The molecule has 0 aliphatic carbocycles. The summed E-state index contributed by atoms with van der Waals surface area (Å²) in [7, 11) is -4.30. The van der Waals surface area contributed by atoms with E-state index in [1.54, 1.807) is 24.3 Å². The Labute approximate surface area is 248 Å². The van der Waals surface area contributed by atoms with E-state index < -0.39 is 34.3 Å². The predicted octanol–water partition coefficient (Wildman–Crippen LogP) is 5.45. The van der Waals surface area contributed by atoms with Crippen molar-refractivity contribution in [3.05, 3.63) is 89.7 Å². The van der Waals surface area contributed by atoms with Crippen molar-refractivity contribution in [1.29, 1.82) is 0 Å². The van der Waals surface area contributed by atoms with Gasteiger partial charge >= 0.3 is 0 Å². The Kier molecular flexibility index (Phi) is 11.9. The number of carbonyl (C=O) groups excluding carboxylic acids is 2. The Balaban J connectivity index is 2.04. The van der Waals surface area contributed by atoms with Gasteiger partial charge in [-0.2, -0.15) is 0 Å². The first-order chi connectivity index (χ1) is 20.1. The fourth-order valence-corrected chi connectivity index (χ4v) is 5.98. The zero-order chi connectivity index (χ0) is 30.7. The molecule has 0 radical (unpaired) electrons. The molecule has 0 heterocycles. The molecule has 42 heavy (non-hydrogen) atoms. The van der Waals surface area contributed by atoms with Crippen molar-refractivity contribution in [1.82, 2.24) is 10.2 Å². The van der Waals surface area contributed by atoms with Gasteiger partial charge in [0.2, 0.25) is 11.8 Å². The van der Waals surface area contributed by atoms with E-state index in [0.29, 0.717) is 25.3 Å². The third-order valence-corrected chi connectivity index (χ3v) is 8.56. The van der Waals surface area contributed by atoms with Crippen molar-refractivity contribution in [2.45, 2.75) is 64.4 Å². The highest BCUT2D eigenvalue weighted by molar-refractivity contribution is 7.92. The number of halogens is 1. The molecule has 0 saturated heterocycles. The van der Waals surface area contributed by atoms with Crippen LogP contribution in [0.3, 0.4) is 0 Å². The van der Waals surface area contributed by atoms with Gasteiger partial charge in [0, 0.05) is 13.1 Å². The monoisotopic (exact) mass is 597 g/mol. The van der Waals surface area contributed by atoms with E-state index in [2.05, 4.69) is 5.32 Å². The van der Waals surface area contributed by atoms with Crippen LogP contribution in [0.5, 0.6) is 5.75 Å². The molecular weight excluding hydrogens is 557 g/mol. The first kappa shape index (κ1) is 32.6. The summed E-state index contributed by atoms with van der Waals surface area (Å²) in [5.74, 6) is -0.876. The summed E-state index contributed by atoms with van der Waals surface area (Å²) in [6, 6.07) is 17.6. The van der Waals surface area contributed by atoms with E-state index >= 15 is 0 Å². The Hall–Kier alpha value is -3.92. The fraction of sp³-hybridized carbons (Fsp3) is 0.375. The molecule has 3 aromatic carbocycles. The molecule has 0 bridgehead atoms. The Morgan fingerprint density at radius 3 is 2.26 bits per heavy atom. The van der Waals surface area contributed by atoms with Crippen molar-refractivity contribution < 1.29 is 27.1 Å². The molecule has 0 saturated carbocycles. The molecule has 0 aliphatic rings. The van der Waals surface area contributed by atoms with Crippen molar-refractivity contribution >= 4 is 27.5 Å². The average Bonchev–Trinajstić information content (AvgIpc) is 2.96.